The predicted molar refractivity (Wildman–Crippen MR) is 114 cm³/mol. The maximum Gasteiger partial charge on any atom is 0.291 e. The maximum atomic E-state index is 12.3. The van der Waals surface area contributed by atoms with Crippen LogP contribution >= 0.6 is 27.5 Å². The number of hydrazone groups is 1. The maximum absolute atomic E-state index is 12.3. The van der Waals surface area contributed by atoms with E-state index in [1.165, 1.54) is 0 Å². The minimum atomic E-state index is -0.368. The number of hydrogen-bond donors (Lipinski definition) is 2. The normalized spacial score (nSPS) is 11.4. The van der Waals surface area contributed by atoms with Crippen molar-refractivity contribution >= 4 is 50.6 Å². The Hall–Kier alpha value is -2.90. The second-order valence-electron chi connectivity index (χ2n) is 6.16. The Bertz CT molecular complexity index is 1160. The van der Waals surface area contributed by atoms with Crippen LogP contribution in [0.1, 0.15) is 21.6 Å². The number of nitrogens with one attached hydrogen (secondary N) is 2. The molecule has 0 saturated carbocycles. The van der Waals surface area contributed by atoms with E-state index < -0.39 is 0 Å². The first-order chi connectivity index (χ1) is 13.6. The highest BCUT2D eigenvalue weighted by atomic mass is 79.9. The van der Waals surface area contributed by atoms with E-state index in [4.69, 9.17) is 11.6 Å². The van der Waals surface area contributed by atoms with Crippen LogP contribution < -0.4 is 5.43 Å². The van der Waals surface area contributed by atoms with Crippen molar-refractivity contribution in [1.82, 2.24) is 20.2 Å². The van der Waals surface area contributed by atoms with Crippen molar-refractivity contribution in [2.45, 2.75) is 6.54 Å². The van der Waals surface area contributed by atoms with Crippen molar-refractivity contribution in [1.29, 1.82) is 0 Å². The van der Waals surface area contributed by atoms with E-state index in [1.54, 1.807) is 23.2 Å². The molecule has 0 aliphatic heterocycles. The molecule has 0 aliphatic rings. The molecule has 0 aliphatic carbocycles. The van der Waals surface area contributed by atoms with E-state index in [0.29, 0.717) is 17.3 Å². The van der Waals surface area contributed by atoms with Crippen molar-refractivity contribution in [2.24, 2.45) is 5.10 Å². The Balaban J connectivity index is 1.41. The van der Waals surface area contributed by atoms with E-state index in [2.05, 4.69) is 36.5 Å². The van der Waals surface area contributed by atoms with Gasteiger partial charge in [0, 0.05) is 38.4 Å². The monoisotopic (exact) mass is 455 g/mol. The Morgan fingerprint density at radius 3 is 2.89 bits per heavy atom. The molecule has 2 heterocycles. The van der Waals surface area contributed by atoms with Gasteiger partial charge < -0.3 is 4.98 Å². The van der Waals surface area contributed by atoms with Crippen LogP contribution in [0, 0.1) is 0 Å². The highest BCUT2D eigenvalue weighted by Crippen LogP contribution is 2.21. The molecule has 4 rings (SSSR count). The Morgan fingerprint density at radius 2 is 2.07 bits per heavy atom. The first-order valence-corrected chi connectivity index (χ1v) is 9.63. The van der Waals surface area contributed by atoms with Crippen molar-refractivity contribution in [3.8, 4) is 0 Å². The first kappa shape index (κ1) is 18.5. The summed E-state index contributed by atoms with van der Waals surface area (Å²) in [5.41, 5.74) is 5.73. The van der Waals surface area contributed by atoms with Gasteiger partial charge in [-0.15, -0.1) is 0 Å². The molecule has 0 fully saturated rings. The third kappa shape index (κ3) is 4.16. The van der Waals surface area contributed by atoms with E-state index in [1.807, 2.05) is 48.7 Å². The number of benzene rings is 2. The number of hydrogen-bond acceptors (Lipinski definition) is 3. The molecule has 4 aromatic rings. The van der Waals surface area contributed by atoms with Gasteiger partial charge in [-0.2, -0.15) is 10.2 Å². The lowest BCUT2D eigenvalue weighted by Crippen LogP contribution is -2.18. The molecule has 0 saturated heterocycles. The molecule has 1 amide bonds. The Kier molecular flexibility index (Phi) is 5.27. The van der Waals surface area contributed by atoms with Crippen molar-refractivity contribution in [3.63, 3.8) is 0 Å². The van der Waals surface area contributed by atoms with Crippen LogP contribution in [-0.4, -0.2) is 26.9 Å². The van der Waals surface area contributed by atoms with Crippen LogP contribution in [0.2, 0.25) is 5.02 Å². The van der Waals surface area contributed by atoms with Gasteiger partial charge in [0.15, 0.2) is 5.69 Å². The van der Waals surface area contributed by atoms with Crippen molar-refractivity contribution in [2.75, 3.05) is 0 Å². The average Bonchev–Trinajstić information content (AvgIpc) is 3.31. The molecule has 2 N–H and O–H groups in total. The Morgan fingerprint density at radius 1 is 1.25 bits per heavy atom. The molecular formula is C20H15BrClN5O. The second-order valence-corrected chi connectivity index (χ2v) is 7.51. The zero-order chi connectivity index (χ0) is 19.5. The Labute approximate surface area is 174 Å². The van der Waals surface area contributed by atoms with Crippen LogP contribution in [0.4, 0.5) is 0 Å². The molecule has 0 radical (unpaired) electrons. The number of aromatic nitrogens is 3. The molecule has 8 heteroatoms. The predicted octanol–water partition coefficient (Wildman–Crippen LogP) is 4.59. The van der Waals surface area contributed by atoms with E-state index in [0.717, 1.165) is 26.5 Å². The van der Waals surface area contributed by atoms with E-state index >= 15 is 0 Å². The highest BCUT2D eigenvalue weighted by molar-refractivity contribution is 9.10. The van der Waals surface area contributed by atoms with Crippen molar-refractivity contribution < 1.29 is 4.79 Å². The minimum absolute atomic E-state index is 0.299. The standard InChI is InChI=1S/C20H15BrClN5O/c21-15-3-6-18-17(9-15)14(10-23-18)11-24-25-20(28)19-7-8-27(26-19)12-13-1-4-16(22)5-2-13/h1-11,23H,12H2,(H,25,28)/b24-11-. The lowest BCUT2D eigenvalue weighted by atomic mass is 10.2. The van der Waals surface area contributed by atoms with Gasteiger partial charge in [-0.3, -0.25) is 9.48 Å². The fourth-order valence-electron chi connectivity index (χ4n) is 2.79. The number of halogens is 2. The smallest absolute Gasteiger partial charge is 0.291 e. The molecule has 2 aromatic carbocycles. The number of carbonyl (C=O) groups excluding carboxylic acids is 1. The first-order valence-electron chi connectivity index (χ1n) is 8.46. The zero-order valence-electron chi connectivity index (χ0n) is 14.6. The molecular weight excluding hydrogens is 442 g/mol. The summed E-state index contributed by atoms with van der Waals surface area (Å²) in [7, 11) is 0. The molecule has 0 spiro atoms. The molecule has 0 atom stereocenters. The summed E-state index contributed by atoms with van der Waals surface area (Å²) in [6.07, 6.45) is 5.20. The quantitative estimate of drug-likeness (QED) is 0.340. The largest absolute Gasteiger partial charge is 0.361 e. The SMILES string of the molecule is O=C(N/N=C\c1c[nH]c2ccc(Br)cc12)c1ccn(Cc2ccc(Cl)cc2)n1. The summed E-state index contributed by atoms with van der Waals surface area (Å²) >= 11 is 9.35. The number of aromatic amines is 1. The summed E-state index contributed by atoms with van der Waals surface area (Å²) < 4.78 is 2.67. The zero-order valence-corrected chi connectivity index (χ0v) is 16.9. The third-order valence-corrected chi connectivity index (χ3v) is 4.92. The van der Waals surface area contributed by atoms with Gasteiger partial charge in [0.05, 0.1) is 12.8 Å². The van der Waals surface area contributed by atoms with Gasteiger partial charge in [-0.25, -0.2) is 5.43 Å². The number of fused-ring (bicyclic) bond motifs is 1. The molecule has 0 unspecified atom stereocenters. The van der Waals surface area contributed by atoms with Gasteiger partial charge in [0.25, 0.3) is 5.91 Å². The summed E-state index contributed by atoms with van der Waals surface area (Å²) in [6.45, 7) is 0.554. The van der Waals surface area contributed by atoms with Crippen LogP contribution in [-0.2, 0) is 6.54 Å². The second kappa shape index (κ2) is 8.00. The number of H-pyrrole nitrogens is 1. The van der Waals surface area contributed by atoms with Gasteiger partial charge in [-0.1, -0.05) is 39.7 Å². The van der Waals surface area contributed by atoms with Crippen LogP contribution in [0.5, 0.6) is 0 Å². The minimum Gasteiger partial charge on any atom is -0.361 e. The lowest BCUT2D eigenvalue weighted by Gasteiger charge is -2.02. The average molecular weight is 457 g/mol. The molecule has 0 bridgehead atoms. The molecule has 28 heavy (non-hydrogen) atoms. The summed E-state index contributed by atoms with van der Waals surface area (Å²) in [5.74, 6) is -0.368. The molecule has 6 nitrogen and oxygen atoms in total. The van der Waals surface area contributed by atoms with E-state index in [9.17, 15) is 4.79 Å². The summed E-state index contributed by atoms with van der Waals surface area (Å²) in [6, 6.07) is 15.1. The number of rotatable bonds is 5. The molecule has 2 aromatic heterocycles. The number of amides is 1. The van der Waals surface area contributed by atoms with Crippen LogP contribution in [0.25, 0.3) is 10.9 Å². The van der Waals surface area contributed by atoms with Gasteiger partial charge in [-0.05, 0) is 42.0 Å². The fraction of sp³-hybridized carbons (Fsp3) is 0.0500. The van der Waals surface area contributed by atoms with Crippen molar-refractivity contribution in [3.05, 3.63) is 87.2 Å². The molecule has 140 valence electrons. The van der Waals surface area contributed by atoms with Gasteiger partial charge >= 0.3 is 0 Å². The van der Waals surface area contributed by atoms with Gasteiger partial charge in [0.2, 0.25) is 0 Å². The van der Waals surface area contributed by atoms with Gasteiger partial charge in [0.1, 0.15) is 0 Å². The van der Waals surface area contributed by atoms with E-state index in [-0.39, 0.29) is 5.91 Å². The number of nitrogens with zero attached hydrogens (tertiary/aromatic N) is 3. The topological polar surface area (TPSA) is 75.1 Å². The van der Waals surface area contributed by atoms with Crippen LogP contribution in [0.15, 0.2) is 70.5 Å². The highest BCUT2D eigenvalue weighted by Gasteiger charge is 2.09. The fourth-order valence-corrected chi connectivity index (χ4v) is 3.27. The lowest BCUT2D eigenvalue weighted by molar-refractivity contribution is 0.0949. The summed E-state index contributed by atoms with van der Waals surface area (Å²) in [5, 5.41) is 10.0. The third-order valence-electron chi connectivity index (χ3n) is 4.18. The summed E-state index contributed by atoms with van der Waals surface area (Å²) in [4.78, 5) is 15.4. The number of carbonyl (C=O) groups is 1. The van der Waals surface area contributed by atoms with Crippen LogP contribution in [0.3, 0.4) is 0 Å².